The molecule has 0 spiro atoms. The Morgan fingerprint density at radius 1 is 1.40 bits per heavy atom. The summed E-state index contributed by atoms with van der Waals surface area (Å²) in [5, 5.41) is 9.78. The number of furan rings is 1. The van der Waals surface area contributed by atoms with Crippen molar-refractivity contribution in [1.82, 2.24) is 0 Å². The molecule has 0 atom stereocenters. The molecule has 2 rings (SSSR count). The standard InChI is InChI=1S/C11H10O4/c1-6-3-7-4-10(14-2)8(11(12)13)5-9(7)15-6/h3-5H,1-2H3,(H,12,13). The Bertz CT molecular complexity index is 525. The number of carboxylic acid groups (broad SMARTS) is 1. The lowest BCUT2D eigenvalue weighted by atomic mass is 10.1. The van der Waals surface area contributed by atoms with E-state index in [1.54, 1.807) is 6.07 Å². The van der Waals surface area contributed by atoms with Gasteiger partial charge in [0.25, 0.3) is 0 Å². The smallest absolute Gasteiger partial charge is 0.339 e. The lowest BCUT2D eigenvalue weighted by Crippen LogP contribution is -1.99. The number of carbonyl (C=O) groups is 1. The van der Waals surface area contributed by atoms with Gasteiger partial charge in [-0.25, -0.2) is 4.79 Å². The van der Waals surface area contributed by atoms with E-state index in [0.717, 1.165) is 11.1 Å². The van der Waals surface area contributed by atoms with E-state index in [9.17, 15) is 4.79 Å². The zero-order valence-corrected chi connectivity index (χ0v) is 8.40. The predicted octanol–water partition coefficient (Wildman–Crippen LogP) is 2.45. The topological polar surface area (TPSA) is 59.7 Å². The summed E-state index contributed by atoms with van der Waals surface area (Å²) in [5.41, 5.74) is 0.671. The number of benzene rings is 1. The number of hydrogen-bond acceptors (Lipinski definition) is 3. The lowest BCUT2D eigenvalue weighted by molar-refractivity contribution is 0.0693. The number of hydrogen-bond donors (Lipinski definition) is 1. The van der Waals surface area contributed by atoms with Gasteiger partial charge in [0.1, 0.15) is 22.7 Å². The second-order valence-electron chi connectivity index (χ2n) is 3.25. The van der Waals surface area contributed by atoms with Crippen molar-refractivity contribution in [2.24, 2.45) is 0 Å². The molecule has 1 aromatic heterocycles. The molecule has 15 heavy (non-hydrogen) atoms. The van der Waals surface area contributed by atoms with Crippen LogP contribution in [-0.2, 0) is 0 Å². The van der Waals surface area contributed by atoms with Crippen molar-refractivity contribution in [2.45, 2.75) is 6.92 Å². The minimum absolute atomic E-state index is 0.111. The van der Waals surface area contributed by atoms with Crippen molar-refractivity contribution in [3.8, 4) is 5.75 Å². The molecule has 0 saturated carbocycles. The molecule has 0 fully saturated rings. The van der Waals surface area contributed by atoms with Crippen molar-refractivity contribution < 1.29 is 19.1 Å². The summed E-state index contributed by atoms with van der Waals surface area (Å²) in [6, 6.07) is 4.97. The number of carboxylic acids is 1. The van der Waals surface area contributed by atoms with E-state index in [4.69, 9.17) is 14.3 Å². The highest BCUT2D eigenvalue weighted by Crippen LogP contribution is 2.28. The monoisotopic (exact) mass is 206 g/mol. The molecule has 0 bridgehead atoms. The molecule has 1 aromatic carbocycles. The maximum Gasteiger partial charge on any atom is 0.339 e. The highest BCUT2D eigenvalue weighted by atomic mass is 16.5. The minimum Gasteiger partial charge on any atom is -0.496 e. The second-order valence-corrected chi connectivity index (χ2v) is 3.25. The quantitative estimate of drug-likeness (QED) is 0.819. The summed E-state index contributed by atoms with van der Waals surface area (Å²) >= 11 is 0. The summed E-state index contributed by atoms with van der Waals surface area (Å²) < 4.78 is 10.3. The third-order valence-corrected chi connectivity index (χ3v) is 2.19. The fraction of sp³-hybridized carbons (Fsp3) is 0.182. The Kier molecular flexibility index (Phi) is 2.11. The van der Waals surface area contributed by atoms with Crippen molar-refractivity contribution in [2.75, 3.05) is 7.11 Å². The fourth-order valence-electron chi connectivity index (χ4n) is 1.53. The van der Waals surface area contributed by atoms with E-state index in [2.05, 4.69) is 0 Å². The SMILES string of the molecule is COc1cc2cc(C)oc2cc1C(=O)O. The molecule has 78 valence electrons. The first-order chi connectivity index (χ1) is 7.11. The Morgan fingerprint density at radius 3 is 2.73 bits per heavy atom. The van der Waals surface area contributed by atoms with Crippen LogP contribution in [0.25, 0.3) is 11.0 Å². The maximum atomic E-state index is 10.9. The Hall–Kier alpha value is -1.97. The Morgan fingerprint density at radius 2 is 2.13 bits per heavy atom. The third kappa shape index (κ3) is 1.54. The van der Waals surface area contributed by atoms with Gasteiger partial charge in [-0.05, 0) is 25.1 Å². The molecule has 1 heterocycles. The normalized spacial score (nSPS) is 10.5. The lowest BCUT2D eigenvalue weighted by Gasteiger charge is -2.03. The molecule has 0 saturated heterocycles. The summed E-state index contributed by atoms with van der Waals surface area (Å²) in [7, 11) is 1.44. The maximum absolute atomic E-state index is 10.9. The van der Waals surface area contributed by atoms with Gasteiger partial charge in [-0.2, -0.15) is 0 Å². The van der Waals surface area contributed by atoms with Crippen LogP contribution in [0, 0.1) is 6.92 Å². The molecule has 0 amide bonds. The zero-order valence-electron chi connectivity index (χ0n) is 8.40. The number of aryl methyl sites for hydroxylation is 1. The average Bonchev–Trinajstić information content (AvgIpc) is 2.54. The molecule has 0 unspecified atom stereocenters. The van der Waals surface area contributed by atoms with Crippen molar-refractivity contribution >= 4 is 16.9 Å². The van der Waals surface area contributed by atoms with Crippen LogP contribution in [-0.4, -0.2) is 18.2 Å². The predicted molar refractivity (Wildman–Crippen MR) is 54.5 cm³/mol. The van der Waals surface area contributed by atoms with Crippen molar-refractivity contribution in [1.29, 1.82) is 0 Å². The van der Waals surface area contributed by atoms with E-state index in [1.807, 2.05) is 13.0 Å². The van der Waals surface area contributed by atoms with E-state index < -0.39 is 5.97 Å². The van der Waals surface area contributed by atoms with Gasteiger partial charge in [0, 0.05) is 5.39 Å². The molecular formula is C11H10O4. The van der Waals surface area contributed by atoms with E-state index >= 15 is 0 Å². The van der Waals surface area contributed by atoms with Crippen molar-refractivity contribution in [3.05, 3.63) is 29.5 Å². The minimum atomic E-state index is -1.03. The first kappa shape index (κ1) is 9.58. The van der Waals surface area contributed by atoms with Gasteiger partial charge in [0.15, 0.2) is 0 Å². The molecular weight excluding hydrogens is 196 g/mol. The number of ether oxygens (including phenoxy) is 1. The molecule has 0 aliphatic carbocycles. The third-order valence-electron chi connectivity index (χ3n) is 2.19. The Balaban J connectivity index is 2.73. The van der Waals surface area contributed by atoms with E-state index in [-0.39, 0.29) is 5.56 Å². The molecule has 1 N–H and O–H groups in total. The second kappa shape index (κ2) is 3.31. The molecule has 2 aromatic rings. The number of fused-ring (bicyclic) bond motifs is 1. The van der Waals surface area contributed by atoms with Gasteiger partial charge in [0.05, 0.1) is 7.11 Å². The van der Waals surface area contributed by atoms with Crippen LogP contribution in [0.15, 0.2) is 22.6 Å². The van der Waals surface area contributed by atoms with Crippen LogP contribution in [0.4, 0.5) is 0 Å². The number of rotatable bonds is 2. The van der Waals surface area contributed by atoms with Crippen molar-refractivity contribution in [3.63, 3.8) is 0 Å². The summed E-state index contributed by atoms with van der Waals surface area (Å²) in [6.07, 6.45) is 0. The van der Waals surface area contributed by atoms with Crippen LogP contribution in [0.3, 0.4) is 0 Å². The zero-order chi connectivity index (χ0) is 11.0. The molecule has 4 heteroatoms. The Labute approximate surface area is 86.1 Å². The van der Waals surface area contributed by atoms with Gasteiger partial charge < -0.3 is 14.3 Å². The van der Waals surface area contributed by atoms with Crippen LogP contribution >= 0.6 is 0 Å². The van der Waals surface area contributed by atoms with Gasteiger partial charge in [-0.15, -0.1) is 0 Å². The summed E-state index contributed by atoms with van der Waals surface area (Å²) in [5.74, 6) is 0.0631. The number of methoxy groups -OCH3 is 1. The average molecular weight is 206 g/mol. The van der Waals surface area contributed by atoms with Crippen LogP contribution < -0.4 is 4.74 Å². The largest absolute Gasteiger partial charge is 0.496 e. The summed E-state index contributed by atoms with van der Waals surface area (Å²) in [6.45, 7) is 1.81. The number of aromatic carboxylic acids is 1. The molecule has 0 aliphatic rings. The van der Waals surface area contributed by atoms with Crippen LogP contribution in [0.5, 0.6) is 5.75 Å². The summed E-state index contributed by atoms with van der Waals surface area (Å²) in [4.78, 5) is 10.9. The fourth-order valence-corrected chi connectivity index (χ4v) is 1.53. The van der Waals surface area contributed by atoms with Gasteiger partial charge in [-0.1, -0.05) is 0 Å². The van der Waals surface area contributed by atoms with Crippen LogP contribution in [0.2, 0.25) is 0 Å². The van der Waals surface area contributed by atoms with Gasteiger partial charge in [-0.3, -0.25) is 0 Å². The highest BCUT2D eigenvalue weighted by molar-refractivity contribution is 5.96. The van der Waals surface area contributed by atoms with Gasteiger partial charge in [0.2, 0.25) is 0 Å². The first-order valence-corrected chi connectivity index (χ1v) is 4.43. The van der Waals surface area contributed by atoms with E-state index in [0.29, 0.717) is 11.3 Å². The molecule has 4 nitrogen and oxygen atoms in total. The first-order valence-electron chi connectivity index (χ1n) is 4.43. The van der Waals surface area contributed by atoms with E-state index in [1.165, 1.54) is 13.2 Å². The molecule has 0 radical (unpaired) electrons. The van der Waals surface area contributed by atoms with Gasteiger partial charge >= 0.3 is 5.97 Å². The van der Waals surface area contributed by atoms with Crippen LogP contribution in [0.1, 0.15) is 16.1 Å². The molecule has 0 aliphatic heterocycles. The highest BCUT2D eigenvalue weighted by Gasteiger charge is 2.14.